The number of para-hydroxylation sites is 2. The molecule has 0 aliphatic carbocycles. The summed E-state index contributed by atoms with van der Waals surface area (Å²) in [7, 11) is 0. The second-order valence-electron chi connectivity index (χ2n) is 24.0. The van der Waals surface area contributed by atoms with Crippen molar-refractivity contribution in [1.82, 2.24) is 52.1 Å². The summed E-state index contributed by atoms with van der Waals surface area (Å²) in [6, 6.07) is 11.6. The van der Waals surface area contributed by atoms with Crippen LogP contribution in [-0.2, 0) is 72.0 Å². The number of nitrogens with zero attached hydrogens (tertiary/aromatic N) is 1. The molecule has 26 heteroatoms. The summed E-state index contributed by atoms with van der Waals surface area (Å²) in [5.41, 5.74) is 31.9. The molecule has 9 atom stereocenters. The maximum atomic E-state index is 15.2. The largest absolute Gasteiger partial charge is 0.370 e. The van der Waals surface area contributed by atoms with Crippen LogP contribution in [0.15, 0.2) is 91.3 Å². The van der Waals surface area contributed by atoms with E-state index in [0.717, 1.165) is 10.9 Å². The van der Waals surface area contributed by atoms with Gasteiger partial charge in [0.25, 0.3) is 0 Å². The molecule has 2 aromatic heterocycles. The van der Waals surface area contributed by atoms with Crippen molar-refractivity contribution in [2.24, 2.45) is 40.5 Å². The zero-order valence-electron chi connectivity index (χ0n) is 51.6. The second-order valence-corrected chi connectivity index (χ2v) is 24.0. The first-order valence-corrected chi connectivity index (χ1v) is 30.8. The summed E-state index contributed by atoms with van der Waals surface area (Å²) in [6.07, 6.45) is 4.02. The number of aromatic nitrogens is 2. The zero-order chi connectivity index (χ0) is 65.6. The summed E-state index contributed by atoms with van der Waals surface area (Å²) in [4.78, 5) is 161. The summed E-state index contributed by atoms with van der Waals surface area (Å²) in [5.74, 6) is -8.79. The van der Waals surface area contributed by atoms with Gasteiger partial charge < -0.3 is 80.8 Å². The highest BCUT2D eigenvalue weighted by Crippen LogP contribution is 2.23. The molecule has 1 aliphatic rings. The predicted octanol–water partition coefficient (Wildman–Crippen LogP) is 0.626. The first kappa shape index (κ1) is 69.9. The Hall–Kier alpha value is -9.17. The van der Waals surface area contributed by atoms with Crippen LogP contribution in [-0.4, -0.2) is 147 Å². The van der Waals surface area contributed by atoms with Crippen LogP contribution in [0.2, 0.25) is 0 Å². The summed E-state index contributed by atoms with van der Waals surface area (Å²) < 4.78 is 0. The third kappa shape index (κ3) is 20.7. The summed E-state index contributed by atoms with van der Waals surface area (Å²) in [6.45, 7) is 8.09. The van der Waals surface area contributed by atoms with E-state index in [4.69, 9.17) is 28.7 Å². The van der Waals surface area contributed by atoms with Crippen molar-refractivity contribution in [3.8, 4) is 0 Å². The molecule has 486 valence electrons. The Bertz CT molecular complexity index is 3310. The topological polar surface area (TPSA) is 437 Å². The van der Waals surface area contributed by atoms with E-state index < -0.39 is 132 Å². The number of amides is 11. The molecular weight excluding hydrogens is 1150 g/mol. The van der Waals surface area contributed by atoms with Crippen LogP contribution in [0.1, 0.15) is 115 Å². The number of hydrogen-bond donors (Lipinski definition) is 14. The fourth-order valence-corrected chi connectivity index (χ4v) is 11.1. The van der Waals surface area contributed by atoms with E-state index in [2.05, 4.69) is 47.2 Å². The lowest BCUT2D eigenvalue weighted by atomic mass is 9.98. The van der Waals surface area contributed by atoms with Gasteiger partial charge in [0.2, 0.25) is 65.0 Å². The Labute approximate surface area is 523 Å². The van der Waals surface area contributed by atoms with Gasteiger partial charge in [0.1, 0.15) is 48.3 Å². The number of hydrogen-bond acceptors (Lipinski definition) is 13. The van der Waals surface area contributed by atoms with Crippen LogP contribution in [0.5, 0.6) is 0 Å². The molecule has 90 heavy (non-hydrogen) atoms. The molecule has 0 spiro atoms. The highest BCUT2D eigenvalue weighted by molar-refractivity contribution is 5.99. The normalized spacial score (nSPS) is 15.8. The van der Waals surface area contributed by atoms with Crippen molar-refractivity contribution >= 4 is 86.8 Å². The van der Waals surface area contributed by atoms with Crippen molar-refractivity contribution in [2.75, 3.05) is 13.1 Å². The Balaban J connectivity index is 1.32. The Morgan fingerprint density at radius 1 is 0.511 bits per heavy atom. The van der Waals surface area contributed by atoms with Gasteiger partial charge in [0, 0.05) is 72.8 Å². The van der Waals surface area contributed by atoms with Crippen molar-refractivity contribution < 1.29 is 52.7 Å². The van der Waals surface area contributed by atoms with Crippen molar-refractivity contribution in [1.29, 1.82) is 0 Å². The number of primary amides is 3. The third-order valence-electron chi connectivity index (χ3n) is 15.8. The summed E-state index contributed by atoms with van der Waals surface area (Å²) in [5, 5.41) is 20.6. The van der Waals surface area contributed by atoms with Gasteiger partial charge in [-0.25, -0.2) is 0 Å². The zero-order valence-corrected chi connectivity index (χ0v) is 51.6. The van der Waals surface area contributed by atoms with Crippen LogP contribution in [0.4, 0.5) is 0 Å². The molecule has 1 saturated heterocycles. The standard InChI is InChI=1S/C64H89N15O11/c1-36(2)29-48(56(69)82)74-59(85)49(30-37(3)4)75-61(87)52(33-40-35-71-45-21-11-9-18-42(40)45)78-60(86)50(31-38-15-6-5-7-16-38)76-62(88)51(32-39-34-70-44-20-10-8-17-41(39)44)77-58(84)46(23-25-54(67)80)72-57(83)47(24-26-55(68)81)73-63(89)53-22-14-28-79(53)64(90)43(66)19-12-13-27-65/h5-11,15-18,20-21,34-37,43,46-53,70-71H,12-14,19,22-33,65-66H2,1-4H3,(H2,67,80)(H2,68,81)(H2,69,82)(H,72,83)(H,73,89)(H,74,85)(H,75,87)(H,76,88)(H,77,84)(H,78,86)/t43-,46-,47-,48-,49-,50-,51+,52+,53+/m0/s1. The molecule has 1 fully saturated rings. The molecular formula is C64H89N15O11. The van der Waals surface area contributed by atoms with Gasteiger partial charge in [0.15, 0.2) is 0 Å². The van der Waals surface area contributed by atoms with Crippen molar-refractivity contribution in [2.45, 2.75) is 172 Å². The average Bonchev–Trinajstić information content (AvgIpc) is 2.81. The van der Waals surface area contributed by atoms with Gasteiger partial charge >= 0.3 is 0 Å². The highest BCUT2D eigenvalue weighted by atomic mass is 16.2. The lowest BCUT2D eigenvalue weighted by Crippen LogP contribution is -2.61. The number of carbonyl (C=O) groups excluding carboxylic acids is 11. The Morgan fingerprint density at radius 2 is 0.933 bits per heavy atom. The van der Waals surface area contributed by atoms with Gasteiger partial charge in [-0.3, -0.25) is 52.7 Å². The van der Waals surface area contributed by atoms with E-state index in [1.54, 1.807) is 60.9 Å². The van der Waals surface area contributed by atoms with Crippen LogP contribution < -0.4 is 65.9 Å². The second kappa shape index (κ2) is 34.0. The lowest BCUT2D eigenvalue weighted by molar-refractivity contribution is -0.140. The van der Waals surface area contributed by atoms with Crippen LogP contribution in [0.3, 0.4) is 0 Å². The lowest BCUT2D eigenvalue weighted by Gasteiger charge is -2.29. The number of fused-ring (bicyclic) bond motifs is 2. The van der Waals surface area contributed by atoms with Crippen molar-refractivity contribution in [3.05, 3.63) is 108 Å². The van der Waals surface area contributed by atoms with E-state index in [9.17, 15) is 43.2 Å². The number of likely N-dealkylation sites (tertiary alicyclic amines) is 1. The van der Waals surface area contributed by atoms with Gasteiger partial charge in [-0.2, -0.15) is 0 Å². The molecule has 19 N–H and O–H groups in total. The number of H-pyrrole nitrogens is 2. The molecule has 6 rings (SSSR count). The minimum atomic E-state index is -1.61. The molecule has 3 aromatic carbocycles. The summed E-state index contributed by atoms with van der Waals surface area (Å²) >= 11 is 0. The van der Waals surface area contributed by atoms with Crippen LogP contribution in [0.25, 0.3) is 21.8 Å². The van der Waals surface area contributed by atoms with Gasteiger partial charge in [-0.05, 0) is 98.6 Å². The van der Waals surface area contributed by atoms with E-state index >= 15 is 9.59 Å². The molecule has 1 aliphatic heterocycles. The number of carbonyl (C=O) groups is 11. The minimum Gasteiger partial charge on any atom is -0.370 e. The van der Waals surface area contributed by atoms with E-state index in [-0.39, 0.29) is 69.7 Å². The number of aromatic amines is 2. The maximum Gasteiger partial charge on any atom is 0.243 e. The highest BCUT2D eigenvalue weighted by Gasteiger charge is 2.39. The third-order valence-corrected chi connectivity index (χ3v) is 15.8. The molecule has 3 heterocycles. The molecule has 0 radical (unpaired) electrons. The molecule has 0 unspecified atom stereocenters. The number of rotatable bonds is 36. The quantitative estimate of drug-likeness (QED) is 0.0245. The smallest absolute Gasteiger partial charge is 0.243 e. The van der Waals surface area contributed by atoms with Gasteiger partial charge in [0.05, 0.1) is 6.04 Å². The number of nitrogens with one attached hydrogen (secondary N) is 9. The number of nitrogens with two attached hydrogens (primary N) is 5. The average molecular weight is 1240 g/mol. The number of benzene rings is 3. The molecule has 0 bridgehead atoms. The minimum absolute atomic E-state index is 0.0150. The van der Waals surface area contributed by atoms with Gasteiger partial charge in [-0.1, -0.05) is 101 Å². The first-order valence-electron chi connectivity index (χ1n) is 30.8. The predicted molar refractivity (Wildman–Crippen MR) is 338 cm³/mol. The number of unbranched alkanes of at least 4 members (excludes halogenated alkanes) is 1. The molecule has 26 nitrogen and oxygen atoms in total. The fourth-order valence-electron chi connectivity index (χ4n) is 11.1. The van der Waals surface area contributed by atoms with E-state index in [1.165, 1.54) is 4.90 Å². The molecule has 5 aromatic rings. The van der Waals surface area contributed by atoms with Crippen molar-refractivity contribution in [3.63, 3.8) is 0 Å². The first-order chi connectivity index (χ1) is 42.9. The Kier molecular flexibility index (Phi) is 26.4. The molecule has 11 amide bonds. The van der Waals surface area contributed by atoms with Crippen LogP contribution in [0, 0.1) is 11.8 Å². The Morgan fingerprint density at radius 3 is 1.42 bits per heavy atom. The van der Waals surface area contributed by atoms with E-state index in [0.29, 0.717) is 59.8 Å². The van der Waals surface area contributed by atoms with E-state index in [1.807, 2.05) is 58.0 Å². The van der Waals surface area contributed by atoms with Gasteiger partial charge in [-0.15, -0.1) is 0 Å². The SMILES string of the molecule is CC(C)C[C@H](NC(=O)[C@H](CC(C)C)NC(=O)[C@@H](Cc1c[nH]c2ccccc12)NC(=O)[C@H](Cc1ccccc1)NC(=O)[C@@H](Cc1c[nH]c2ccccc12)NC(=O)[C@H](CCC(N)=O)NC(=O)[C@H](CCC(N)=O)NC(=O)[C@H]1CCCN1C(=O)[C@@H](N)CCCCN)C(N)=O. The van der Waals surface area contributed by atoms with Crippen LogP contribution >= 0.6 is 0 Å². The molecule has 0 saturated carbocycles. The fraction of sp³-hybridized carbons (Fsp3) is 0.484. The maximum absolute atomic E-state index is 15.2. The monoisotopic (exact) mass is 1240 g/mol.